The number of hydrogen-bond acceptors (Lipinski definition) is 3. The fourth-order valence-corrected chi connectivity index (χ4v) is 5.33. The predicted molar refractivity (Wildman–Crippen MR) is 108 cm³/mol. The number of hydrogen-bond donors (Lipinski definition) is 1. The Morgan fingerprint density at radius 2 is 1.75 bits per heavy atom. The van der Waals surface area contributed by atoms with Gasteiger partial charge >= 0.3 is 6.18 Å². The molecule has 2 heterocycles. The minimum Gasteiger partial charge on any atom is -0.368 e. The first kappa shape index (κ1) is 19.5. The molecule has 1 aliphatic rings. The molecule has 0 amide bonds. The van der Waals surface area contributed by atoms with Crippen LogP contribution in [-0.4, -0.2) is 34.4 Å². The Morgan fingerprint density at radius 3 is 2.43 bits per heavy atom. The summed E-state index contributed by atoms with van der Waals surface area (Å²) in [5, 5.41) is 3.30. The summed E-state index contributed by atoms with van der Waals surface area (Å²) >= 11 is 3.34. The minimum absolute atomic E-state index is 0.0947. The molecule has 1 aromatic heterocycles. The van der Waals surface area contributed by atoms with E-state index in [9.17, 15) is 17.4 Å². The van der Waals surface area contributed by atoms with Gasteiger partial charge in [0.15, 0.2) is 11.0 Å². The molecule has 9 heteroatoms. The van der Waals surface area contributed by atoms with Crippen LogP contribution in [0.1, 0.15) is 5.56 Å². The molecule has 28 heavy (non-hydrogen) atoms. The quantitative estimate of drug-likeness (QED) is 0.614. The van der Waals surface area contributed by atoms with E-state index in [1.807, 2.05) is 4.90 Å². The van der Waals surface area contributed by atoms with Gasteiger partial charge in [0, 0.05) is 47.9 Å². The zero-order valence-electron chi connectivity index (χ0n) is 14.7. The van der Waals surface area contributed by atoms with E-state index >= 15 is 0 Å². The van der Waals surface area contributed by atoms with E-state index in [4.69, 9.17) is 0 Å². The molecule has 0 aliphatic carbocycles. The standard InChI is InChI=1S/C19H17BrF3N3OS/c20-14-4-1-2-7-17(14)28(27)26-12-13(19(21,22)23)18-15(5-3-6-16(18)26)25-10-8-24-9-11-25/h1-7,12,24H,8-11H2. The van der Waals surface area contributed by atoms with Gasteiger partial charge in [0.1, 0.15) is 0 Å². The van der Waals surface area contributed by atoms with Crippen LogP contribution in [0.4, 0.5) is 18.9 Å². The van der Waals surface area contributed by atoms with Gasteiger partial charge in [-0.05, 0) is 40.2 Å². The van der Waals surface area contributed by atoms with Crippen molar-refractivity contribution >= 4 is 43.5 Å². The van der Waals surface area contributed by atoms with Crippen LogP contribution in [0.15, 0.2) is 58.0 Å². The molecule has 1 unspecified atom stereocenters. The highest BCUT2D eigenvalue weighted by Crippen LogP contribution is 2.41. The Morgan fingerprint density at radius 1 is 1.04 bits per heavy atom. The van der Waals surface area contributed by atoms with Crippen molar-refractivity contribution in [2.24, 2.45) is 0 Å². The molecular formula is C19H17BrF3N3OS. The van der Waals surface area contributed by atoms with E-state index in [2.05, 4.69) is 21.2 Å². The molecular weight excluding hydrogens is 455 g/mol. The van der Waals surface area contributed by atoms with Gasteiger partial charge in [0.25, 0.3) is 0 Å². The zero-order valence-corrected chi connectivity index (χ0v) is 17.1. The first-order chi connectivity index (χ1) is 13.4. The largest absolute Gasteiger partial charge is 0.418 e. The molecule has 2 aromatic carbocycles. The Labute approximate surface area is 171 Å². The zero-order chi connectivity index (χ0) is 19.9. The third-order valence-corrected chi connectivity index (χ3v) is 7.09. The second kappa shape index (κ2) is 7.53. The number of fused-ring (bicyclic) bond motifs is 1. The van der Waals surface area contributed by atoms with E-state index in [1.54, 1.807) is 42.5 Å². The molecule has 0 saturated carbocycles. The molecule has 1 aliphatic heterocycles. The van der Waals surface area contributed by atoms with E-state index in [0.717, 1.165) is 6.20 Å². The van der Waals surface area contributed by atoms with Crippen molar-refractivity contribution in [1.29, 1.82) is 0 Å². The van der Waals surface area contributed by atoms with Crippen molar-refractivity contribution in [1.82, 2.24) is 9.29 Å². The minimum atomic E-state index is -4.55. The lowest BCUT2D eigenvalue weighted by Gasteiger charge is -2.30. The molecule has 0 bridgehead atoms. The maximum atomic E-state index is 13.9. The summed E-state index contributed by atoms with van der Waals surface area (Å²) in [5.41, 5.74) is 0.0590. The van der Waals surface area contributed by atoms with Gasteiger partial charge in [-0.2, -0.15) is 13.2 Å². The van der Waals surface area contributed by atoms with Gasteiger partial charge in [-0.15, -0.1) is 0 Å². The third kappa shape index (κ3) is 3.46. The van der Waals surface area contributed by atoms with E-state index < -0.39 is 22.7 Å². The summed E-state index contributed by atoms with van der Waals surface area (Å²) in [4.78, 5) is 2.36. The van der Waals surface area contributed by atoms with Crippen LogP contribution in [-0.2, 0) is 17.2 Å². The number of nitrogens with zero attached hydrogens (tertiary/aromatic N) is 2. The fourth-order valence-electron chi connectivity index (χ4n) is 3.45. The summed E-state index contributed by atoms with van der Waals surface area (Å²) < 4.78 is 56.6. The Kier molecular flexibility index (Phi) is 5.24. The van der Waals surface area contributed by atoms with Crippen molar-refractivity contribution in [3.63, 3.8) is 0 Å². The van der Waals surface area contributed by atoms with Crippen molar-refractivity contribution in [2.75, 3.05) is 31.1 Å². The summed E-state index contributed by atoms with van der Waals surface area (Å²) in [6, 6.07) is 11.8. The van der Waals surface area contributed by atoms with Gasteiger partial charge in [-0.25, -0.2) is 4.21 Å². The van der Waals surface area contributed by atoms with Crippen LogP contribution in [0.5, 0.6) is 0 Å². The highest BCUT2D eigenvalue weighted by molar-refractivity contribution is 9.10. The molecule has 0 spiro atoms. The van der Waals surface area contributed by atoms with Crippen molar-refractivity contribution in [2.45, 2.75) is 11.1 Å². The lowest BCUT2D eigenvalue weighted by atomic mass is 10.1. The van der Waals surface area contributed by atoms with Crippen molar-refractivity contribution < 1.29 is 17.4 Å². The summed E-state index contributed by atoms with van der Waals surface area (Å²) in [5.74, 6) is 0. The van der Waals surface area contributed by atoms with Crippen molar-refractivity contribution in [3.8, 4) is 0 Å². The average molecular weight is 472 g/mol. The second-order valence-electron chi connectivity index (χ2n) is 6.45. The van der Waals surface area contributed by atoms with E-state index in [0.29, 0.717) is 46.8 Å². The highest BCUT2D eigenvalue weighted by Gasteiger charge is 2.37. The van der Waals surface area contributed by atoms with Crippen LogP contribution in [0, 0.1) is 0 Å². The van der Waals surface area contributed by atoms with Crippen LogP contribution in [0.25, 0.3) is 10.9 Å². The average Bonchev–Trinajstić information content (AvgIpc) is 3.09. The van der Waals surface area contributed by atoms with Gasteiger partial charge in [0.05, 0.1) is 16.0 Å². The van der Waals surface area contributed by atoms with E-state index in [1.165, 1.54) is 3.97 Å². The molecule has 0 radical (unpaired) electrons. The topological polar surface area (TPSA) is 37.3 Å². The number of alkyl halides is 3. The van der Waals surface area contributed by atoms with Crippen LogP contribution >= 0.6 is 15.9 Å². The van der Waals surface area contributed by atoms with Crippen LogP contribution in [0.3, 0.4) is 0 Å². The number of rotatable bonds is 3. The maximum absolute atomic E-state index is 13.9. The lowest BCUT2D eigenvalue weighted by Crippen LogP contribution is -2.43. The van der Waals surface area contributed by atoms with Gasteiger partial charge in [-0.1, -0.05) is 18.2 Å². The Bertz CT molecular complexity index is 1040. The number of nitrogens with one attached hydrogen (secondary N) is 1. The monoisotopic (exact) mass is 471 g/mol. The fraction of sp³-hybridized carbons (Fsp3) is 0.263. The first-order valence-corrected chi connectivity index (χ1v) is 10.6. The molecule has 4 rings (SSSR count). The predicted octanol–water partition coefficient (Wildman–Crippen LogP) is 4.40. The number of halogens is 4. The molecule has 148 valence electrons. The summed E-state index contributed by atoms with van der Waals surface area (Å²) in [7, 11) is -1.82. The SMILES string of the molecule is O=S(c1ccccc1Br)n1cc(C(F)(F)F)c2c(N3CCNCC3)cccc21. The Balaban J connectivity index is 1.94. The number of aromatic nitrogens is 1. The molecule has 1 saturated heterocycles. The molecule has 1 N–H and O–H groups in total. The highest BCUT2D eigenvalue weighted by atomic mass is 79.9. The number of piperazine rings is 1. The molecule has 1 fully saturated rings. The summed E-state index contributed by atoms with van der Waals surface area (Å²) in [6.45, 7) is 2.66. The first-order valence-electron chi connectivity index (χ1n) is 8.71. The third-order valence-electron chi connectivity index (χ3n) is 4.74. The normalized spacial score (nSPS) is 16.5. The smallest absolute Gasteiger partial charge is 0.368 e. The van der Waals surface area contributed by atoms with Crippen LogP contribution < -0.4 is 10.2 Å². The number of benzene rings is 2. The molecule has 1 atom stereocenters. The number of anilines is 1. The van der Waals surface area contributed by atoms with Gasteiger partial charge < -0.3 is 10.2 Å². The second-order valence-corrected chi connectivity index (χ2v) is 8.64. The van der Waals surface area contributed by atoms with Crippen LogP contribution in [0.2, 0.25) is 0 Å². The van der Waals surface area contributed by atoms with Gasteiger partial charge in [-0.3, -0.25) is 3.97 Å². The molecule has 3 aromatic rings. The van der Waals surface area contributed by atoms with E-state index in [-0.39, 0.29) is 5.39 Å². The van der Waals surface area contributed by atoms with Crippen molar-refractivity contribution in [3.05, 3.63) is 58.7 Å². The summed E-state index contributed by atoms with van der Waals surface area (Å²) in [6.07, 6.45) is -3.59. The maximum Gasteiger partial charge on any atom is 0.418 e. The molecule has 4 nitrogen and oxygen atoms in total. The van der Waals surface area contributed by atoms with Gasteiger partial charge in [0.2, 0.25) is 0 Å². The lowest BCUT2D eigenvalue weighted by molar-refractivity contribution is -0.136. The Hall–Kier alpha value is -1.84.